The molecule has 1 fully saturated rings. The van der Waals surface area contributed by atoms with Crippen molar-refractivity contribution in [2.45, 2.75) is 45.0 Å². The topological polar surface area (TPSA) is 135 Å². The highest BCUT2D eigenvalue weighted by Crippen LogP contribution is 2.25. The van der Waals surface area contributed by atoms with Crippen LogP contribution in [0.2, 0.25) is 0 Å². The van der Waals surface area contributed by atoms with Gasteiger partial charge in [0, 0.05) is 35.8 Å². The number of carbonyl (C=O) groups is 2. The lowest BCUT2D eigenvalue weighted by Gasteiger charge is -2.19. The molecule has 10 nitrogen and oxygen atoms in total. The lowest BCUT2D eigenvalue weighted by Crippen LogP contribution is -2.44. The Morgan fingerprint density at radius 1 is 1.13 bits per heavy atom. The summed E-state index contributed by atoms with van der Waals surface area (Å²) in [6.45, 7) is 5.29. The van der Waals surface area contributed by atoms with Crippen LogP contribution in [0.25, 0.3) is 0 Å². The molecule has 10 heteroatoms. The van der Waals surface area contributed by atoms with Crippen LogP contribution in [0.5, 0.6) is 0 Å². The summed E-state index contributed by atoms with van der Waals surface area (Å²) < 4.78 is 5.22. The van der Waals surface area contributed by atoms with E-state index in [1.54, 1.807) is 57.2 Å². The van der Waals surface area contributed by atoms with Gasteiger partial charge in [-0.1, -0.05) is 18.2 Å². The van der Waals surface area contributed by atoms with Crippen molar-refractivity contribution in [3.05, 3.63) is 69.8 Å². The van der Waals surface area contributed by atoms with Crippen molar-refractivity contribution in [3.8, 4) is 0 Å². The van der Waals surface area contributed by atoms with Crippen molar-refractivity contribution in [3.63, 3.8) is 0 Å². The van der Waals surface area contributed by atoms with E-state index in [2.05, 4.69) is 21.5 Å². The predicted molar refractivity (Wildman–Crippen MR) is 114 cm³/mol. The van der Waals surface area contributed by atoms with Crippen LogP contribution in [0.4, 0.5) is 16.2 Å². The van der Waals surface area contributed by atoms with Crippen LogP contribution in [-0.2, 0) is 4.74 Å². The van der Waals surface area contributed by atoms with Gasteiger partial charge in [-0.15, -0.1) is 0 Å². The summed E-state index contributed by atoms with van der Waals surface area (Å²) in [4.78, 5) is 35.1. The first-order valence-electron chi connectivity index (χ1n) is 9.77. The number of hydrazine groups is 1. The number of carbonyl (C=O) groups excluding carboxylic acids is 2. The second-order valence-corrected chi connectivity index (χ2v) is 8.16. The number of amides is 2. The standard InChI is InChI=1S/C21H25N5O5/c1-21(2,3)31-20(28)22-15-8-4-7-14(10-15)19(27)23-18-12-17(24-25-18)13-6-5-9-16(11-13)26(29)30/h4-11,17-18,24-25H,12H2,1-3H3,(H,22,28)(H,23,27). The summed E-state index contributed by atoms with van der Waals surface area (Å²) in [7, 11) is 0. The van der Waals surface area contributed by atoms with Crippen LogP contribution in [0.3, 0.4) is 0 Å². The Morgan fingerprint density at radius 2 is 1.87 bits per heavy atom. The van der Waals surface area contributed by atoms with Crippen molar-refractivity contribution in [1.82, 2.24) is 16.2 Å². The summed E-state index contributed by atoms with van der Waals surface area (Å²) in [5.41, 5.74) is 6.98. The highest BCUT2D eigenvalue weighted by Gasteiger charge is 2.27. The van der Waals surface area contributed by atoms with Gasteiger partial charge in [-0.25, -0.2) is 15.6 Å². The number of nitrogens with one attached hydrogen (secondary N) is 4. The normalized spacial score (nSPS) is 18.3. The van der Waals surface area contributed by atoms with Gasteiger partial charge < -0.3 is 10.1 Å². The second kappa shape index (κ2) is 9.11. The lowest BCUT2D eigenvalue weighted by atomic mass is 10.0. The molecule has 0 aromatic heterocycles. The summed E-state index contributed by atoms with van der Waals surface area (Å²) in [5.74, 6) is -0.327. The van der Waals surface area contributed by atoms with Crippen LogP contribution in [-0.4, -0.2) is 28.7 Å². The van der Waals surface area contributed by atoms with Gasteiger partial charge >= 0.3 is 6.09 Å². The first-order chi connectivity index (χ1) is 14.6. The molecule has 1 aliphatic rings. The number of ether oxygens (including phenoxy) is 1. The average molecular weight is 427 g/mol. The van der Waals surface area contributed by atoms with E-state index in [1.165, 1.54) is 12.1 Å². The maximum atomic E-state index is 12.6. The van der Waals surface area contributed by atoms with E-state index in [4.69, 9.17) is 4.74 Å². The van der Waals surface area contributed by atoms with Gasteiger partial charge in [0.2, 0.25) is 0 Å². The van der Waals surface area contributed by atoms with E-state index >= 15 is 0 Å². The minimum absolute atomic E-state index is 0.0149. The Bertz CT molecular complexity index is 988. The molecular formula is C21H25N5O5. The number of hydrogen-bond acceptors (Lipinski definition) is 7. The van der Waals surface area contributed by atoms with E-state index in [0.29, 0.717) is 17.7 Å². The Kier molecular flexibility index (Phi) is 6.52. The fourth-order valence-electron chi connectivity index (χ4n) is 3.13. The molecule has 0 aliphatic carbocycles. The maximum absolute atomic E-state index is 12.6. The molecule has 2 aromatic carbocycles. The number of benzene rings is 2. The first-order valence-corrected chi connectivity index (χ1v) is 9.77. The Morgan fingerprint density at radius 3 is 2.58 bits per heavy atom. The van der Waals surface area contributed by atoms with Gasteiger partial charge in [-0.3, -0.25) is 20.2 Å². The first kappa shape index (κ1) is 22.2. The number of nitro benzene ring substituents is 1. The van der Waals surface area contributed by atoms with Gasteiger partial charge in [0.25, 0.3) is 11.6 Å². The van der Waals surface area contributed by atoms with Crippen molar-refractivity contribution >= 4 is 23.4 Å². The Balaban J connectivity index is 1.59. The molecule has 31 heavy (non-hydrogen) atoms. The number of non-ortho nitro benzene ring substituents is 1. The largest absolute Gasteiger partial charge is 0.444 e. The molecule has 0 radical (unpaired) electrons. The number of nitrogens with zero attached hydrogens (tertiary/aromatic N) is 1. The van der Waals surface area contributed by atoms with E-state index in [0.717, 1.165) is 5.56 Å². The molecule has 1 saturated heterocycles. The zero-order valence-electron chi connectivity index (χ0n) is 17.5. The Hall–Kier alpha value is -3.50. The monoisotopic (exact) mass is 427 g/mol. The highest BCUT2D eigenvalue weighted by molar-refractivity contribution is 5.96. The number of anilines is 1. The van der Waals surface area contributed by atoms with Gasteiger partial charge in [-0.2, -0.15) is 0 Å². The zero-order valence-corrected chi connectivity index (χ0v) is 17.5. The number of rotatable bonds is 5. The number of nitro groups is 1. The summed E-state index contributed by atoms with van der Waals surface area (Å²) >= 11 is 0. The SMILES string of the molecule is CC(C)(C)OC(=O)Nc1cccc(C(=O)NC2CC(c3cccc([N+](=O)[O-])c3)NN2)c1. The summed E-state index contributed by atoms with van der Waals surface area (Å²) in [5, 5.41) is 16.4. The van der Waals surface area contributed by atoms with E-state index in [9.17, 15) is 19.7 Å². The predicted octanol–water partition coefficient (Wildman–Crippen LogP) is 3.24. The third kappa shape index (κ3) is 6.24. The summed E-state index contributed by atoms with van der Waals surface area (Å²) in [6.07, 6.45) is -0.478. The highest BCUT2D eigenvalue weighted by atomic mass is 16.6. The molecule has 2 atom stereocenters. The molecule has 2 unspecified atom stereocenters. The fraction of sp³-hybridized carbons (Fsp3) is 0.333. The lowest BCUT2D eigenvalue weighted by molar-refractivity contribution is -0.384. The molecule has 1 heterocycles. The van der Waals surface area contributed by atoms with Crippen molar-refractivity contribution < 1.29 is 19.2 Å². The molecule has 3 rings (SSSR count). The van der Waals surface area contributed by atoms with Crippen LogP contribution >= 0.6 is 0 Å². The van der Waals surface area contributed by atoms with E-state index in [-0.39, 0.29) is 23.8 Å². The molecule has 0 saturated carbocycles. The van der Waals surface area contributed by atoms with Crippen LogP contribution < -0.4 is 21.5 Å². The molecule has 0 spiro atoms. The second-order valence-electron chi connectivity index (χ2n) is 8.16. The molecule has 2 amide bonds. The minimum atomic E-state index is -0.629. The van der Waals surface area contributed by atoms with Crippen LogP contribution in [0.15, 0.2) is 48.5 Å². The third-order valence-corrected chi connectivity index (χ3v) is 4.46. The molecule has 1 aliphatic heterocycles. The van der Waals surface area contributed by atoms with E-state index < -0.39 is 16.6 Å². The molecule has 2 aromatic rings. The van der Waals surface area contributed by atoms with Gasteiger partial charge in [0.1, 0.15) is 5.60 Å². The third-order valence-electron chi connectivity index (χ3n) is 4.46. The van der Waals surface area contributed by atoms with Crippen molar-refractivity contribution in [2.75, 3.05) is 5.32 Å². The fourth-order valence-corrected chi connectivity index (χ4v) is 3.13. The summed E-state index contributed by atoms with van der Waals surface area (Å²) in [6, 6.07) is 12.7. The van der Waals surface area contributed by atoms with E-state index in [1.807, 2.05) is 0 Å². The molecule has 4 N–H and O–H groups in total. The van der Waals surface area contributed by atoms with Crippen LogP contribution in [0, 0.1) is 10.1 Å². The van der Waals surface area contributed by atoms with Crippen molar-refractivity contribution in [1.29, 1.82) is 0 Å². The maximum Gasteiger partial charge on any atom is 0.412 e. The Labute approximate surface area is 179 Å². The van der Waals surface area contributed by atoms with Gasteiger partial charge in [0.05, 0.1) is 11.1 Å². The minimum Gasteiger partial charge on any atom is -0.444 e. The van der Waals surface area contributed by atoms with Gasteiger partial charge in [0.15, 0.2) is 0 Å². The molecule has 164 valence electrons. The van der Waals surface area contributed by atoms with Crippen LogP contribution in [0.1, 0.15) is 49.2 Å². The average Bonchev–Trinajstić information content (AvgIpc) is 3.15. The van der Waals surface area contributed by atoms with Crippen molar-refractivity contribution in [2.24, 2.45) is 0 Å². The molecule has 0 bridgehead atoms. The zero-order chi connectivity index (χ0) is 22.6. The van der Waals surface area contributed by atoms with Gasteiger partial charge in [-0.05, 0) is 44.5 Å². The quantitative estimate of drug-likeness (QED) is 0.425. The smallest absolute Gasteiger partial charge is 0.412 e. The number of hydrogen-bond donors (Lipinski definition) is 4. The molecular weight excluding hydrogens is 402 g/mol.